The van der Waals surface area contributed by atoms with Crippen LogP contribution in [-0.2, 0) is 13.0 Å². The first-order valence-corrected chi connectivity index (χ1v) is 10.3. The summed E-state index contributed by atoms with van der Waals surface area (Å²) >= 11 is 0. The summed E-state index contributed by atoms with van der Waals surface area (Å²) in [5.41, 5.74) is 3.62. The molecule has 2 fully saturated rings. The van der Waals surface area contributed by atoms with Gasteiger partial charge in [0.15, 0.2) is 5.82 Å². The van der Waals surface area contributed by atoms with Gasteiger partial charge in [0.1, 0.15) is 0 Å². The molecule has 3 aromatic rings. The predicted octanol–water partition coefficient (Wildman–Crippen LogP) is 3.82. The third kappa shape index (κ3) is 3.15. The van der Waals surface area contributed by atoms with Crippen molar-refractivity contribution < 1.29 is 4.52 Å². The molecule has 28 heavy (non-hydrogen) atoms. The Bertz CT molecular complexity index is 947. The average molecular weight is 377 g/mol. The molecule has 4 heterocycles. The molecule has 2 aliphatic heterocycles. The molecule has 2 saturated heterocycles. The lowest BCUT2D eigenvalue weighted by molar-refractivity contribution is 0.243. The summed E-state index contributed by atoms with van der Waals surface area (Å²) < 4.78 is 7.63. The van der Waals surface area contributed by atoms with Gasteiger partial charge in [-0.05, 0) is 51.3 Å². The molecule has 0 unspecified atom stereocenters. The Morgan fingerprint density at radius 1 is 1.18 bits per heavy atom. The Labute approximate surface area is 165 Å². The van der Waals surface area contributed by atoms with Crippen LogP contribution in [0.1, 0.15) is 59.9 Å². The number of hydrogen-bond donors (Lipinski definition) is 0. The van der Waals surface area contributed by atoms with Gasteiger partial charge in [0.25, 0.3) is 0 Å². The van der Waals surface area contributed by atoms with E-state index in [1.165, 1.54) is 30.6 Å². The molecule has 0 radical (unpaired) electrons. The van der Waals surface area contributed by atoms with Gasteiger partial charge in [0.05, 0.1) is 5.69 Å². The van der Waals surface area contributed by atoms with Crippen LogP contribution in [0, 0.1) is 13.8 Å². The molecule has 0 amide bonds. The van der Waals surface area contributed by atoms with Crippen LogP contribution in [0.4, 0.5) is 0 Å². The third-order valence-electron chi connectivity index (χ3n) is 6.32. The summed E-state index contributed by atoms with van der Waals surface area (Å²) in [6, 6.07) is 14.0. The largest absolute Gasteiger partial charge is 0.339 e. The lowest BCUT2D eigenvalue weighted by Crippen LogP contribution is -2.27. The number of fused-ring (bicyclic) bond motifs is 1. The number of rotatable bonds is 5. The van der Waals surface area contributed by atoms with E-state index in [0.717, 1.165) is 36.8 Å². The Hall–Kier alpha value is -2.47. The second-order valence-electron chi connectivity index (χ2n) is 8.16. The molecule has 0 N–H and O–H groups in total. The molecular weight excluding hydrogens is 350 g/mol. The van der Waals surface area contributed by atoms with Crippen LogP contribution in [0.3, 0.4) is 0 Å². The first kappa shape index (κ1) is 17.6. The molecule has 0 spiro atoms. The third-order valence-corrected chi connectivity index (χ3v) is 6.32. The van der Waals surface area contributed by atoms with E-state index in [1.54, 1.807) is 0 Å². The zero-order valence-electron chi connectivity index (χ0n) is 16.6. The van der Waals surface area contributed by atoms with Crippen molar-refractivity contribution in [2.45, 2.75) is 64.1 Å². The Morgan fingerprint density at radius 3 is 2.82 bits per heavy atom. The smallest absolute Gasteiger partial charge is 0.228 e. The number of hydrogen-bond acceptors (Lipinski definition) is 5. The highest BCUT2D eigenvalue weighted by atomic mass is 16.5. The van der Waals surface area contributed by atoms with Gasteiger partial charge in [0.2, 0.25) is 5.89 Å². The van der Waals surface area contributed by atoms with Crippen LogP contribution in [-0.4, -0.2) is 37.4 Å². The van der Waals surface area contributed by atoms with E-state index in [1.807, 2.05) is 11.6 Å². The summed E-state index contributed by atoms with van der Waals surface area (Å²) in [5.74, 6) is 1.97. The van der Waals surface area contributed by atoms with Crippen LogP contribution < -0.4 is 0 Å². The van der Waals surface area contributed by atoms with Gasteiger partial charge in [-0.25, -0.2) is 0 Å². The van der Waals surface area contributed by atoms with Crippen molar-refractivity contribution in [3.05, 3.63) is 65.1 Å². The molecule has 0 aliphatic carbocycles. The summed E-state index contributed by atoms with van der Waals surface area (Å²) in [4.78, 5) is 7.45. The van der Waals surface area contributed by atoms with Crippen molar-refractivity contribution in [1.29, 1.82) is 0 Å². The van der Waals surface area contributed by atoms with E-state index in [4.69, 9.17) is 9.51 Å². The molecule has 0 saturated carbocycles. The second-order valence-corrected chi connectivity index (χ2v) is 8.16. The second kappa shape index (κ2) is 7.17. The maximum atomic E-state index is 5.61. The Balaban J connectivity index is 1.32. The number of nitrogens with zero attached hydrogens (tertiary/aromatic N) is 5. The lowest BCUT2D eigenvalue weighted by Gasteiger charge is -2.24. The van der Waals surface area contributed by atoms with E-state index in [0.29, 0.717) is 18.0 Å². The topological polar surface area (TPSA) is 60.0 Å². The minimum absolute atomic E-state index is 0.360. The van der Waals surface area contributed by atoms with Crippen molar-refractivity contribution in [1.82, 2.24) is 24.8 Å². The van der Waals surface area contributed by atoms with Gasteiger partial charge in [-0.1, -0.05) is 35.5 Å². The minimum atomic E-state index is 0.360. The highest BCUT2D eigenvalue weighted by Gasteiger charge is 2.46. The van der Waals surface area contributed by atoms with Crippen LogP contribution in [0.5, 0.6) is 0 Å². The van der Waals surface area contributed by atoms with E-state index in [-0.39, 0.29) is 0 Å². The van der Waals surface area contributed by atoms with Crippen LogP contribution in [0.2, 0.25) is 0 Å². The fourth-order valence-electron chi connectivity index (χ4n) is 5.07. The molecule has 3 atom stereocenters. The van der Waals surface area contributed by atoms with E-state index in [9.17, 15) is 0 Å². The maximum absolute atomic E-state index is 5.61. The Morgan fingerprint density at radius 2 is 2.04 bits per heavy atom. The normalized spacial score (nSPS) is 24.7. The zero-order valence-corrected chi connectivity index (χ0v) is 16.6. The number of benzene rings is 1. The van der Waals surface area contributed by atoms with Gasteiger partial charge in [-0.3, -0.25) is 9.58 Å². The number of aromatic nitrogens is 4. The van der Waals surface area contributed by atoms with E-state index in [2.05, 4.69) is 58.5 Å². The summed E-state index contributed by atoms with van der Waals surface area (Å²) in [6.07, 6.45) is 4.28. The zero-order chi connectivity index (χ0) is 19.1. The van der Waals surface area contributed by atoms with Crippen LogP contribution >= 0.6 is 0 Å². The minimum Gasteiger partial charge on any atom is -0.339 e. The molecule has 5 rings (SSSR count). The first-order chi connectivity index (χ1) is 13.7. The van der Waals surface area contributed by atoms with Crippen molar-refractivity contribution in [2.75, 3.05) is 6.54 Å². The molecule has 2 aromatic heterocycles. The van der Waals surface area contributed by atoms with Crippen LogP contribution in [0.15, 0.2) is 40.9 Å². The Kier molecular flexibility index (Phi) is 4.51. The quantitative estimate of drug-likeness (QED) is 0.676. The predicted molar refractivity (Wildman–Crippen MR) is 106 cm³/mol. The van der Waals surface area contributed by atoms with Crippen molar-refractivity contribution in [2.24, 2.45) is 0 Å². The van der Waals surface area contributed by atoms with Gasteiger partial charge in [-0.15, -0.1) is 0 Å². The highest BCUT2D eigenvalue weighted by molar-refractivity contribution is 5.24. The van der Waals surface area contributed by atoms with Gasteiger partial charge in [0, 0.05) is 36.7 Å². The summed E-state index contributed by atoms with van der Waals surface area (Å²) in [5, 5.41) is 8.90. The van der Waals surface area contributed by atoms with Gasteiger partial charge < -0.3 is 4.52 Å². The monoisotopic (exact) mass is 377 g/mol. The SMILES string of the molecule is Cc1cc(C)n(CCc2nc([C@H]3C[C@@H](c4ccccc4)N4CCC[C@H]34)no2)n1. The van der Waals surface area contributed by atoms with Crippen molar-refractivity contribution in [3.8, 4) is 0 Å². The fraction of sp³-hybridized carbons (Fsp3) is 0.500. The number of aryl methyl sites for hydroxylation is 4. The molecule has 1 aromatic carbocycles. The van der Waals surface area contributed by atoms with Crippen molar-refractivity contribution in [3.63, 3.8) is 0 Å². The van der Waals surface area contributed by atoms with Gasteiger partial charge >= 0.3 is 0 Å². The molecule has 0 bridgehead atoms. The standard InChI is InChI=1S/C22H27N5O/c1-15-13-16(2)27(24-15)12-10-21-23-22(25-28-21)18-14-20(17-7-4-3-5-8-17)26-11-6-9-19(18)26/h3-5,7-8,13,18-20H,6,9-12,14H2,1-2H3/t18-,19+,20-/m0/s1. The van der Waals surface area contributed by atoms with E-state index < -0.39 is 0 Å². The lowest BCUT2D eigenvalue weighted by atomic mass is 9.94. The van der Waals surface area contributed by atoms with Crippen LogP contribution in [0.25, 0.3) is 0 Å². The molecule has 146 valence electrons. The molecule has 6 nitrogen and oxygen atoms in total. The van der Waals surface area contributed by atoms with Gasteiger partial charge in [-0.2, -0.15) is 10.1 Å². The van der Waals surface area contributed by atoms with E-state index >= 15 is 0 Å². The average Bonchev–Trinajstić information content (AvgIpc) is 3.45. The first-order valence-electron chi connectivity index (χ1n) is 10.3. The summed E-state index contributed by atoms with van der Waals surface area (Å²) in [6.45, 7) is 6.04. The molecular formula is C22H27N5O. The highest BCUT2D eigenvalue weighted by Crippen LogP contribution is 2.48. The van der Waals surface area contributed by atoms with Crippen molar-refractivity contribution >= 4 is 0 Å². The molecule has 6 heteroatoms. The summed E-state index contributed by atoms with van der Waals surface area (Å²) in [7, 11) is 0. The molecule has 2 aliphatic rings. The maximum Gasteiger partial charge on any atom is 0.228 e. The fourth-order valence-corrected chi connectivity index (χ4v) is 5.07.